The first-order valence-electron chi connectivity index (χ1n) is 6.43. The zero-order chi connectivity index (χ0) is 14.0. The Balaban J connectivity index is 2.17. The van der Waals surface area contributed by atoms with Crippen molar-refractivity contribution in [2.24, 2.45) is 7.05 Å². The first kappa shape index (κ1) is 14.7. The summed E-state index contributed by atoms with van der Waals surface area (Å²) in [6, 6.07) is 1.55. The molecule has 1 aromatic rings. The number of rotatable bonds is 3. The summed E-state index contributed by atoms with van der Waals surface area (Å²) >= 11 is 11.9. The normalized spacial score (nSPS) is 18.3. The Bertz CT molecular complexity index is 479. The van der Waals surface area contributed by atoms with E-state index in [1.165, 1.54) is 0 Å². The molecule has 0 bridgehead atoms. The van der Waals surface area contributed by atoms with Gasteiger partial charge in [0.05, 0.1) is 17.2 Å². The first-order chi connectivity index (χ1) is 8.99. The summed E-state index contributed by atoms with van der Waals surface area (Å²) in [5.41, 5.74) is -0.0909. The van der Waals surface area contributed by atoms with Gasteiger partial charge < -0.3 is 15.0 Å². The van der Waals surface area contributed by atoms with Crippen LogP contribution in [0.1, 0.15) is 42.6 Å². The fraction of sp³-hybridized carbons (Fsp3) is 0.615. The van der Waals surface area contributed by atoms with Gasteiger partial charge in [0, 0.05) is 7.05 Å². The maximum atomic E-state index is 12.3. The lowest BCUT2D eigenvalue weighted by Crippen LogP contribution is -2.52. The van der Waals surface area contributed by atoms with E-state index in [4.69, 9.17) is 23.2 Å². The van der Waals surface area contributed by atoms with E-state index in [9.17, 15) is 9.90 Å². The standard InChI is InChI=1S/C13H18Cl2N2O2/c1-17-10(7-9(14)11(17)15)12(19)16-13(8-18)5-3-2-4-6-13/h7,18H,2-6,8H2,1H3,(H,16,19). The highest BCUT2D eigenvalue weighted by Gasteiger charge is 2.33. The maximum absolute atomic E-state index is 12.3. The van der Waals surface area contributed by atoms with Gasteiger partial charge in [-0.2, -0.15) is 0 Å². The number of halogens is 2. The molecule has 0 atom stereocenters. The molecule has 2 N–H and O–H groups in total. The molecule has 1 fully saturated rings. The summed E-state index contributed by atoms with van der Waals surface area (Å²) in [7, 11) is 1.69. The van der Waals surface area contributed by atoms with Crippen molar-refractivity contribution in [1.29, 1.82) is 0 Å². The molecule has 106 valence electrons. The molecule has 4 nitrogen and oxygen atoms in total. The topological polar surface area (TPSA) is 54.3 Å². The van der Waals surface area contributed by atoms with E-state index in [2.05, 4.69) is 5.32 Å². The lowest BCUT2D eigenvalue weighted by Gasteiger charge is -2.36. The van der Waals surface area contributed by atoms with Crippen LogP contribution in [0.25, 0.3) is 0 Å². The van der Waals surface area contributed by atoms with Crippen LogP contribution in [0.3, 0.4) is 0 Å². The van der Waals surface area contributed by atoms with Gasteiger partial charge in [-0.15, -0.1) is 0 Å². The lowest BCUT2D eigenvalue weighted by molar-refractivity contribution is 0.0751. The minimum Gasteiger partial charge on any atom is -0.394 e. The van der Waals surface area contributed by atoms with E-state index in [0.29, 0.717) is 15.9 Å². The van der Waals surface area contributed by atoms with Gasteiger partial charge in [0.1, 0.15) is 10.8 Å². The molecule has 2 rings (SSSR count). The van der Waals surface area contributed by atoms with Crippen molar-refractivity contribution in [3.8, 4) is 0 Å². The zero-order valence-electron chi connectivity index (χ0n) is 10.9. The van der Waals surface area contributed by atoms with Gasteiger partial charge in [0.2, 0.25) is 0 Å². The SMILES string of the molecule is Cn1c(C(=O)NC2(CO)CCCCC2)cc(Cl)c1Cl. The molecule has 0 spiro atoms. The predicted molar refractivity (Wildman–Crippen MR) is 75.8 cm³/mol. The number of aliphatic hydroxyl groups excluding tert-OH is 1. The molecule has 0 unspecified atom stereocenters. The highest BCUT2D eigenvalue weighted by atomic mass is 35.5. The van der Waals surface area contributed by atoms with Crippen molar-refractivity contribution < 1.29 is 9.90 Å². The number of amides is 1. The van der Waals surface area contributed by atoms with E-state index in [1.54, 1.807) is 17.7 Å². The molecule has 0 aromatic carbocycles. The van der Waals surface area contributed by atoms with Crippen molar-refractivity contribution in [3.05, 3.63) is 21.9 Å². The molecule has 1 amide bonds. The number of aliphatic hydroxyl groups is 1. The Morgan fingerprint density at radius 2 is 2.05 bits per heavy atom. The molecular formula is C13H18Cl2N2O2. The van der Waals surface area contributed by atoms with Crippen LogP contribution in [-0.4, -0.2) is 27.7 Å². The second kappa shape index (κ2) is 5.73. The fourth-order valence-electron chi connectivity index (χ4n) is 2.62. The van der Waals surface area contributed by atoms with E-state index < -0.39 is 5.54 Å². The van der Waals surface area contributed by atoms with Crippen molar-refractivity contribution >= 4 is 29.1 Å². The molecule has 6 heteroatoms. The van der Waals surface area contributed by atoms with Crippen molar-refractivity contribution in [2.75, 3.05) is 6.61 Å². The summed E-state index contributed by atoms with van der Waals surface area (Å²) in [4.78, 5) is 12.3. The van der Waals surface area contributed by atoms with Crippen molar-refractivity contribution in [1.82, 2.24) is 9.88 Å². The smallest absolute Gasteiger partial charge is 0.268 e. The first-order valence-corrected chi connectivity index (χ1v) is 7.19. The predicted octanol–water partition coefficient (Wildman–Crippen LogP) is 2.76. The largest absolute Gasteiger partial charge is 0.394 e. The third-order valence-electron chi connectivity index (χ3n) is 3.84. The summed E-state index contributed by atoms with van der Waals surface area (Å²) in [5.74, 6) is -0.243. The van der Waals surface area contributed by atoms with Crippen molar-refractivity contribution in [2.45, 2.75) is 37.6 Å². The Hall–Kier alpha value is -0.710. The highest BCUT2D eigenvalue weighted by Crippen LogP contribution is 2.29. The third-order valence-corrected chi connectivity index (χ3v) is 4.68. The molecule has 0 radical (unpaired) electrons. The number of aromatic nitrogens is 1. The lowest BCUT2D eigenvalue weighted by atomic mass is 9.82. The monoisotopic (exact) mass is 304 g/mol. The minimum absolute atomic E-state index is 0.0371. The average molecular weight is 305 g/mol. The van der Waals surface area contributed by atoms with Crippen LogP contribution in [0.5, 0.6) is 0 Å². The molecular weight excluding hydrogens is 287 g/mol. The Morgan fingerprint density at radius 3 is 2.53 bits per heavy atom. The number of hydrogen-bond acceptors (Lipinski definition) is 2. The number of hydrogen-bond donors (Lipinski definition) is 2. The molecule has 0 saturated heterocycles. The molecule has 1 aliphatic carbocycles. The molecule has 19 heavy (non-hydrogen) atoms. The van der Waals surface area contributed by atoms with E-state index in [1.807, 2.05) is 0 Å². The van der Waals surface area contributed by atoms with Crippen LogP contribution >= 0.6 is 23.2 Å². The van der Waals surface area contributed by atoms with Gasteiger partial charge in [0.15, 0.2) is 0 Å². The summed E-state index contributed by atoms with van der Waals surface area (Å²) in [6.07, 6.45) is 4.81. The summed E-state index contributed by atoms with van der Waals surface area (Å²) in [6.45, 7) is -0.0371. The quantitative estimate of drug-likeness (QED) is 0.902. The Morgan fingerprint density at radius 1 is 1.42 bits per heavy atom. The van der Waals surface area contributed by atoms with Gasteiger partial charge in [0.25, 0.3) is 5.91 Å². The van der Waals surface area contributed by atoms with Gasteiger partial charge in [-0.1, -0.05) is 42.5 Å². The molecule has 1 heterocycles. The van der Waals surface area contributed by atoms with Crippen LogP contribution in [0.2, 0.25) is 10.2 Å². The van der Waals surface area contributed by atoms with Gasteiger partial charge >= 0.3 is 0 Å². The second-order valence-corrected chi connectivity index (χ2v) is 5.95. The molecule has 1 aromatic heterocycles. The third kappa shape index (κ3) is 2.91. The van der Waals surface area contributed by atoms with Crippen LogP contribution in [0.15, 0.2) is 6.07 Å². The fourth-order valence-corrected chi connectivity index (χ4v) is 2.99. The van der Waals surface area contributed by atoms with Gasteiger partial charge in [-0.05, 0) is 18.9 Å². The van der Waals surface area contributed by atoms with Crippen LogP contribution < -0.4 is 5.32 Å². The maximum Gasteiger partial charge on any atom is 0.268 e. The highest BCUT2D eigenvalue weighted by molar-refractivity contribution is 6.41. The second-order valence-electron chi connectivity index (χ2n) is 5.18. The Kier molecular flexibility index (Phi) is 4.43. The molecule has 1 aliphatic rings. The van der Waals surface area contributed by atoms with Crippen LogP contribution in [-0.2, 0) is 7.05 Å². The number of carbonyl (C=O) groups excluding carboxylic acids is 1. The van der Waals surface area contributed by atoms with Crippen LogP contribution in [0, 0.1) is 0 Å². The summed E-state index contributed by atoms with van der Waals surface area (Å²) in [5, 5.41) is 13.2. The van der Waals surface area contributed by atoms with E-state index in [-0.39, 0.29) is 12.5 Å². The van der Waals surface area contributed by atoms with E-state index >= 15 is 0 Å². The van der Waals surface area contributed by atoms with Gasteiger partial charge in [-0.3, -0.25) is 4.79 Å². The summed E-state index contributed by atoms with van der Waals surface area (Å²) < 4.78 is 1.55. The van der Waals surface area contributed by atoms with E-state index in [0.717, 1.165) is 32.1 Å². The average Bonchev–Trinajstić information content (AvgIpc) is 2.67. The van der Waals surface area contributed by atoms with Gasteiger partial charge in [-0.25, -0.2) is 0 Å². The number of nitrogens with one attached hydrogen (secondary N) is 1. The zero-order valence-corrected chi connectivity index (χ0v) is 12.4. The number of nitrogens with zero attached hydrogens (tertiary/aromatic N) is 1. The number of carbonyl (C=O) groups is 1. The minimum atomic E-state index is -0.501. The van der Waals surface area contributed by atoms with Crippen LogP contribution in [0.4, 0.5) is 0 Å². The van der Waals surface area contributed by atoms with Crippen molar-refractivity contribution in [3.63, 3.8) is 0 Å². The molecule has 1 saturated carbocycles. The Labute approximate surface area is 122 Å². The molecule has 0 aliphatic heterocycles.